The SMILES string of the molecule is CC(C)N(C)CCCCNC(=O)N(C)Cc1ccccc1C(F)(F)F. The molecule has 0 fully saturated rings. The Kier molecular flexibility index (Phi) is 8.22. The van der Waals surface area contributed by atoms with E-state index in [9.17, 15) is 18.0 Å². The van der Waals surface area contributed by atoms with Gasteiger partial charge in [0, 0.05) is 26.2 Å². The first-order valence-electron chi connectivity index (χ1n) is 8.47. The molecule has 25 heavy (non-hydrogen) atoms. The average Bonchev–Trinajstić information content (AvgIpc) is 2.53. The second-order valence-electron chi connectivity index (χ2n) is 6.52. The van der Waals surface area contributed by atoms with Crippen LogP contribution >= 0.6 is 0 Å². The summed E-state index contributed by atoms with van der Waals surface area (Å²) >= 11 is 0. The van der Waals surface area contributed by atoms with Crippen LogP contribution in [0.3, 0.4) is 0 Å². The Morgan fingerprint density at radius 1 is 1.16 bits per heavy atom. The molecule has 4 nitrogen and oxygen atoms in total. The molecule has 0 radical (unpaired) electrons. The van der Waals surface area contributed by atoms with Gasteiger partial charge < -0.3 is 15.1 Å². The lowest BCUT2D eigenvalue weighted by molar-refractivity contribution is -0.138. The molecule has 0 aliphatic carbocycles. The number of carbonyl (C=O) groups excluding carboxylic acids is 1. The van der Waals surface area contributed by atoms with Crippen molar-refractivity contribution in [3.8, 4) is 0 Å². The predicted molar refractivity (Wildman–Crippen MR) is 93.3 cm³/mol. The second-order valence-corrected chi connectivity index (χ2v) is 6.52. The quantitative estimate of drug-likeness (QED) is 0.713. The fraction of sp³-hybridized carbons (Fsp3) is 0.611. The average molecular weight is 359 g/mol. The molecule has 1 rings (SSSR count). The molecule has 0 aromatic heterocycles. The van der Waals surface area contributed by atoms with E-state index in [1.165, 1.54) is 24.1 Å². The van der Waals surface area contributed by atoms with Gasteiger partial charge in [-0.1, -0.05) is 18.2 Å². The van der Waals surface area contributed by atoms with Crippen molar-refractivity contribution in [2.75, 3.05) is 27.2 Å². The molecule has 0 heterocycles. The second kappa shape index (κ2) is 9.65. The summed E-state index contributed by atoms with van der Waals surface area (Å²) in [6.45, 7) is 5.61. The van der Waals surface area contributed by atoms with E-state index in [-0.39, 0.29) is 18.1 Å². The third-order valence-corrected chi connectivity index (χ3v) is 4.17. The third kappa shape index (κ3) is 7.34. The summed E-state index contributed by atoms with van der Waals surface area (Å²) in [7, 11) is 3.55. The minimum Gasteiger partial charge on any atom is -0.338 e. The van der Waals surface area contributed by atoms with Crippen LogP contribution in [-0.4, -0.2) is 49.1 Å². The highest BCUT2D eigenvalue weighted by Gasteiger charge is 2.33. The summed E-state index contributed by atoms with van der Waals surface area (Å²) in [6, 6.07) is 5.44. The van der Waals surface area contributed by atoms with Crippen LogP contribution in [0.15, 0.2) is 24.3 Å². The highest BCUT2D eigenvalue weighted by molar-refractivity contribution is 5.73. The highest BCUT2D eigenvalue weighted by atomic mass is 19.4. The van der Waals surface area contributed by atoms with E-state index < -0.39 is 11.7 Å². The van der Waals surface area contributed by atoms with Crippen molar-refractivity contribution in [2.24, 2.45) is 0 Å². The van der Waals surface area contributed by atoms with Crippen molar-refractivity contribution in [3.05, 3.63) is 35.4 Å². The molecule has 1 N–H and O–H groups in total. The maximum absolute atomic E-state index is 13.0. The number of hydrogen-bond donors (Lipinski definition) is 1. The number of unbranched alkanes of at least 4 members (excludes halogenated alkanes) is 1. The molecule has 1 aromatic carbocycles. The van der Waals surface area contributed by atoms with E-state index in [0.717, 1.165) is 25.5 Å². The number of alkyl halides is 3. The van der Waals surface area contributed by atoms with Gasteiger partial charge in [-0.2, -0.15) is 13.2 Å². The van der Waals surface area contributed by atoms with E-state index >= 15 is 0 Å². The van der Waals surface area contributed by atoms with Crippen molar-refractivity contribution in [2.45, 2.75) is 45.5 Å². The van der Waals surface area contributed by atoms with Crippen LogP contribution in [-0.2, 0) is 12.7 Å². The van der Waals surface area contributed by atoms with Gasteiger partial charge in [-0.3, -0.25) is 0 Å². The van der Waals surface area contributed by atoms with E-state index in [0.29, 0.717) is 12.6 Å². The molecule has 1 aromatic rings. The van der Waals surface area contributed by atoms with Crippen molar-refractivity contribution in [1.29, 1.82) is 0 Å². The number of carbonyl (C=O) groups is 1. The van der Waals surface area contributed by atoms with Gasteiger partial charge in [-0.25, -0.2) is 4.79 Å². The summed E-state index contributed by atoms with van der Waals surface area (Å²) in [5.74, 6) is 0. The zero-order chi connectivity index (χ0) is 19.0. The van der Waals surface area contributed by atoms with E-state index in [4.69, 9.17) is 0 Å². The Hall–Kier alpha value is -1.76. The monoisotopic (exact) mass is 359 g/mol. The summed E-state index contributed by atoms with van der Waals surface area (Å²) < 4.78 is 39.0. The zero-order valence-corrected chi connectivity index (χ0v) is 15.4. The zero-order valence-electron chi connectivity index (χ0n) is 15.4. The number of amides is 2. The van der Waals surface area contributed by atoms with Crippen molar-refractivity contribution >= 4 is 6.03 Å². The van der Waals surface area contributed by atoms with Gasteiger partial charge in [0.15, 0.2) is 0 Å². The molecule has 0 atom stereocenters. The number of hydrogen-bond acceptors (Lipinski definition) is 2. The summed E-state index contributed by atoms with van der Waals surface area (Å²) in [6.07, 6.45) is -2.64. The number of rotatable bonds is 8. The van der Waals surface area contributed by atoms with Crippen LogP contribution in [0.4, 0.5) is 18.0 Å². The molecule has 0 aliphatic heterocycles. The Morgan fingerprint density at radius 2 is 1.80 bits per heavy atom. The standard InChI is InChI=1S/C18H28F3N3O/c1-14(2)23(3)12-8-7-11-22-17(25)24(4)13-15-9-5-6-10-16(15)18(19,20)21/h5-6,9-10,14H,7-8,11-13H2,1-4H3,(H,22,25). The highest BCUT2D eigenvalue weighted by Crippen LogP contribution is 2.32. The lowest BCUT2D eigenvalue weighted by Crippen LogP contribution is -2.38. The van der Waals surface area contributed by atoms with Crippen LogP contribution in [0.1, 0.15) is 37.8 Å². The lowest BCUT2D eigenvalue weighted by Gasteiger charge is -2.22. The molecule has 142 valence electrons. The van der Waals surface area contributed by atoms with Gasteiger partial charge in [0.25, 0.3) is 0 Å². The number of benzene rings is 1. The van der Waals surface area contributed by atoms with Gasteiger partial charge in [0.1, 0.15) is 0 Å². The Balaban J connectivity index is 2.43. The first kappa shape index (κ1) is 21.3. The molecular weight excluding hydrogens is 331 g/mol. The molecule has 0 saturated carbocycles. The van der Waals surface area contributed by atoms with Crippen LogP contribution in [0, 0.1) is 0 Å². The van der Waals surface area contributed by atoms with E-state index in [2.05, 4.69) is 31.1 Å². The van der Waals surface area contributed by atoms with Crippen LogP contribution < -0.4 is 5.32 Å². The Morgan fingerprint density at radius 3 is 2.40 bits per heavy atom. The number of nitrogens with zero attached hydrogens (tertiary/aromatic N) is 2. The smallest absolute Gasteiger partial charge is 0.338 e. The number of nitrogens with one attached hydrogen (secondary N) is 1. The molecule has 2 amide bonds. The minimum atomic E-state index is -4.42. The fourth-order valence-corrected chi connectivity index (χ4v) is 2.34. The molecule has 0 saturated heterocycles. The number of urea groups is 1. The molecule has 7 heteroatoms. The molecule has 0 unspecified atom stereocenters. The van der Waals surface area contributed by atoms with Crippen molar-refractivity contribution in [1.82, 2.24) is 15.1 Å². The summed E-state index contributed by atoms with van der Waals surface area (Å²) in [5.41, 5.74) is -0.613. The Bertz CT molecular complexity index is 547. The summed E-state index contributed by atoms with van der Waals surface area (Å²) in [5, 5.41) is 2.75. The van der Waals surface area contributed by atoms with Gasteiger partial charge in [0.2, 0.25) is 0 Å². The molecule has 0 aliphatic rings. The maximum Gasteiger partial charge on any atom is 0.416 e. The predicted octanol–water partition coefficient (Wildman–Crippen LogP) is 3.97. The van der Waals surface area contributed by atoms with Crippen molar-refractivity contribution in [3.63, 3.8) is 0 Å². The maximum atomic E-state index is 13.0. The van der Waals surface area contributed by atoms with Gasteiger partial charge in [-0.15, -0.1) is 0 Å². The third-order valence-electron chi connectivity index (χ3n) is 4.17. The van der Waals surface area contributed by atoms with E-state index in [1.54, 1.807) is 6.07 Å². The topological polar surface area (TPSA) is 35.6 Å². The molecule has 0 spiro atoms. The first-order valence-corrected chi connectivity index (χ1v) is 8.47. The van der Waals surface area contributed by atoms with Gasteiger partial charge in [0.05, 0.1) is 5.56 Å². The van der Waals surface area contributed by atoms with Gasteiger partial charge >= 0.3 is 12.2 Å². The minimum absolute atomic E-state index is 0.0857. The van der Waals surface area contributed by atoms with Crippen LogP contribution in [0.5, 0.6) is 0 Å². The normalized spacial score (nSPS) is 11.9. The van der Waals surface area contributed by atoms with Crippen molar-refractivity contribution < 1.29 is 18.0 Å². The van der Waals surface area contributed by atoms with Crippen LogP contribution in [0.2, 0.25) is 0 Å². The van der Waals surface area contributed by atoms with E-state index in [1.807, 2.05) is 0 Å². The number of halogens is 3. The van der Waals surface area contributed by atoms with Crippen LogP contribution in [0.25, 0.3) is 0 Å². The largest absolute Gasteiger partial charge is 0.416 e. The first-order chi connectivity index (χ1) is 11.6. The fourth-order valence-electron chi connectivity index (χ4n) is 2.34. The molecular formula is C18H28F3N3O. The Labute approximate surface area is 148 Å². The molecule has 0 bridgehead atoms. The lowest BCUT2D eigenvalue weighted by atomic mass is 10.1. The van der Waals surface area contributed by atoms with Gasteiger partial charge in [-0.05, 0) is 51.9 Å². The summed E-state index contributed by atoms with van der Waals surface area (Å²) in [4.78, 5) is 15.5.